The Labute approximate surface area is 161 Å². The van der Waals surface area contributed by atoms with Gasteiger partial charge in [-0.25, -0.2) is 0 Å². The fourth-order valence-corrected chi connectivity index (χ4v) is 4.80. The molecule has 0 atom stereocenters. The average molecular weight is 391 g/mol. The van der Waals surface area contributed by atoms with E-state index < -0.39 is 8.32 Å². The van der Waals surface area contributed by atoms with Crippen LogP contribution in [0.5, 0.6) is 0 Å². The van der Waals surface area contributed by atoms with Crippen molar-refractivity contribution in [3.63, 3.8) is 0 Å². The molecule has 0 unspecified atom stereocenters. The number of rotatable bonds is 4. The molecule has 0 spiro atoms. The van der Waals surface area contributed by atoms with Crippen LogP contribution < -0.4 is 4.90 Å². The van der Waals surface area contributed by atoms with Crippen molar-refractivity contribution in [2.24, 2.45) is 7.05 Å². The Bertz CT molecular complexity index is 848. The lowest BCUT2D eigenvalue weighted by atomic mass is 10.1. The van der Waals surface area contributed by atoms with E-state index in [9.17, 15) is 10.1 Å². The molecular weight excluding hydrogens is 360 g/mol. The first-order chi connectivity index (χ1) is 12.5. The molecule has 1 aromatic carbocycles. The zero-order valence-corrected chi connectivity index (χ0v) is 18.2. The maximum Gasteiger partial charge on any atom is 0.294 e. The minimum absolute atomic E-state index is 0.130. The lowest BCUT2D eigenvalue weighted by Gasteiger charge is -2.42. The summed E-state index contributed by atoms with van der Waals surface area (Å²) in [6.07, 6.45) is 3.93. The van der Waals surface area contributed by atoms with Gasteiger partial charge in [-0.2, -0.15) is 5.10 Å². The molecule has 1 aliphatic heterocycles. The highest BCUT2D eigenvalue weighted by molar-refractivity contribution is 6.74. The molecular formula is C19H30N4O3Si. The highest BCUT2D eigenvalue weighted by Gasteiger charge is 2.40. The minimum Gasteiger partial charge on any atom is -0.414 e. The van der Waals surface area contributed by atoms with Gasteiger partial charge in [0.1, 0.15) is 5.69 Å². The topological polar surface area (TPSA) is 73.4 Å². The predicted molar refractivity (Wildman–Crippen MR) is 111 cm³/mol. The van der Waals surface area contributed by atoms with E-state index in [2.05, 4.69) is 43.9 Å². The van der Waals surface area contributed by atoms with Crippen molar-refractivity contribution in [2.45, 2.75) is 57.8 Å². The number of aromatic nitrogens is 2. The van der Waals surface area contributed by atoms with Gasteiger partial charge in [0.2, 0.25) is 0 Å². The zero-order valence-electron chi connectivity index (χ0n) is 17.2. The van der Waals surface area contributed by atoms with Crippen molar-refractivity contribution in [3.05, 3.63) is 28.4 Å². The molecule has 1 aliphatic rings. The summed E-state index contributed by atoms with van der Waals surface area (Å²) in [7, 11) is 0.0349. The van der Waals surface area contributed by atoms with Crippen LogP contribution in [0.1, 0.15) is 33.6 Å². The first-order valence-corrected chi connectivity index (χ1v) is 12.4. The Hall–Kier alpha value is -1.93. The monoisotopic (exact) mass is 390 g/mol. The number of fused-ring (bicyclic) bond motifs is 1. The number of aryl methyl sites for hydroxylation is 1. The van der Waals surface area contributed by atoms with Gasteiger partial charge in [-0.3, -0.25) is 14.8 Å². The van der Waals surface area contributed by atoms with Gasteiger partial charge in [0.05, 0.1) is 10.4 Å². The number of piperidine rings is 1. The molecule has 0 radical (unpaired) electrons. The summed E-state index contributed by atoms with van der Waals surface area (Å²) in [6, 6.07) is 3.48. The van der Waals surface area contributed by atoms with Gasteiger partial charge < -0.3 is 9.33 Å². The Kier molecular flexibility index (Phi) is 5.07. The van der Waals surface area contributed by atoms with Crippen LogP contribution in [0.25, 0.3) is 10.9 Å². The molecule has 1 saturated heterocycles. The maximum atomic E-state index is 11.6. The molecule has 7 nitrogen and oxygen atoms in total. The molecule has 1 aromatic heterocycles. The molecule has 3 rings (SSSR count). The summed E-state index contributed by atoms with van der Waals surface area (Å²) < 4.78 is 8.24. The van der Waals surface area contributed by atoms with E-state index in [0.29, 0.717) is 11.2 Å². The number of nitrogens with zero attached hydrogens (tertiary/aromatic N) is 4. The second kappa shape index (κ2) is 6.90. The van der Waals surface area contributed by atoms with Crippen molar-refractivity contribution >= 4 is 30.6 Å². The zero-order chi connectivity index (χ0) is 20.0. The minimum atomic E-state index is -1.79. The summed E-state index contributed by atoms with van der Waals surface area (Å²) >= 11 is 0. The molecule has 0 aliphatic carbocycles. The van der Waals surface area contributed by atoms with Crippen LogP contribution in [0.15, 0.2) is 18.3 Å². The second-order valence-corrected chi connectivity index (χ2v) is 13.8. The van der Waals surface area contributed by atoms with E-state index in [4.69, 9.17) is 4.43 Å². The van der Waals surface area contributed by atoms with Crippen LogP contribution in [-0.2, 0) is 11.5 Å². The Balaban J connectivity index is 1.78. The van der Waals surface area contributed by atoms with Crippen molar-refractivity contribution in [1.29, 1.82) is 0 Å². The molecule has 0 N–H and O–H groups in total. The Morgan fingerprint density at radius 2 is 1.89 bits per heavy atom. The Morgan fingerprint density at radius 3 is 2.44 bits per heavy atom. The smallest absolute Gasteiger partial charge is 0.294 e. The highest BCUT2D eigenvalue weighted by atomic mass is 28.4. The second-order valence-electron chi connectivity index (χ2n) is 9.02. The number of anilines is 1. The number of nitro groups is 1. The van der Waals surface area contributed by atoms with Gasteiger partial charge in [0.15, 0.2) is 8.32 Å². The number of benzene rings is 1. The molecule has 2 aromatic rings. The van der Waals surface area contributed by atoms with Crippen LogP contribution in [0.3, 0.4) is 0 Å². The molecule has 0 amide bonds. The standard InChI is InChI=1S/C19H30N4O3Si/c1-19(2,3)27(5,6)26-15-7-9-22(10-8-15)17-11-14-13-21(4)20-16(14)12-18(17)23(24)25/h11-13,15H,7-10H2,1-6H3. The van der Waals surface area contributed by atoms with Crippen LogP contribution in [-0.4, -0.2) is 42.2 Å². The first kappa shape index (κ1) is 19.8. The third-order valence-electron chi connectivity index (χ3n) is 5.96. The van der Waals surface area contributed by atoms with Crippen molar-refractivity contribution in [2.75, 3.05) is 18.0 Å². The van der Waals surface area contributed by atoms with E-state index in [-0.39, 0.29) is 21.8 Å². The fraction of sp³-hybridized carbons (Fsp3) is 0.632. The van der Waals surface area contributed by atoms with Crippen LogP contribution in [0, 0.1) is 10.1 Å². The quantitative estimate of drug-likeness (QED) is 0.437. The van der Waals surface area contributed by atoms with Crippen molar-refractivity contribution < 1.29 is 9.35 Å². The van der Waals surface area contributed by atoms with E-state index >= 15 is 0 Å². The molecule has 0 saturated carbocycles. The summed E-state index contributed by atoms with van der Waals surface area (Å²) in [6.45, 7) is 12.8. The van der Waals surface area contributed by atoms with Crippen LogP contribution >= 0.6 is 0 Å². The SMILES string of the molecule is Cn1cc2cc(N3CCC(O[Si](C)(C)C(C)(C)C)CC3)c([N+](=O)[O-])cc2n1. The van der Waals surface area contributed by atoms with Gasteiger partial charge in [-0.15, -0.1) is 0 Å². The van der Waals surface area contributed by atoms with Crippen molar-refractivity contribution in [3.8, 4) is 0 Å². The fourth-order valence-electron chi connectivity index (χ4n) is 3.38. The van der Waals surface area contributed by atoms with Crippen molar-refractivity contribution in [1.82, 2.24) is 9.78 Å². The number of nitro benzene ring substituents is 1. The van der Waals surface area contributed by atoms with Gasteiger partial charge in [0, 0.05) is 43.9 Å². The summed E-state index contributed by atoms with van der Waals surface area (Å²) in [5, 5.41) is 17.0. The molecule has 148 valence electrons. The average Bonchev–Trinajstić information content (AvgIpc) is 2.92. The number of hydrogen-bond acceptors (Lipinski definition) is 5. The number of hydrogen-bond donors (Lipinski definition) is 0. The van der Waals surface area contributed by atoms with E-state index in [1.54, 1.807) is 10.7 Å². The molecule has 0 bridgehead atoms. The van der Waals surface area contributed by atoms with Gasteiger partial charge in [-0.1, -0.05) is 20.8 Å². The van der Waals surface area contributed by atoms with Crippen LogP contribution in [0.4, 0.5) is 11.4 Å². The van der Waals surface area contributed by atoms with Gasteiger partial charge in [-0.05, 0) is 37.0 Å². The third kappa shape index (κ3) is 4.01. The predicted octanol–water partition coefficient (Wildman–Crippen LogP) is 4.47. The van der Waals surface area contributed by atoms with Gasteiger partial charge >= 0.3 is 0 Å². The largest absolute Gasteiger partial charge is 0.414 e. The molecule has 1 fully saturated rings. The first-order valence-electron chi connectivity index (χ1n) is 9.52. The molecule has 27 heavy (non-hydrogen) atoms. The van der Waals surface area contributed by atoms with E-state index in [1.807, 2.05) is 19.3 Å². The van der Waals surface area contributed by atoms with Crippen LogP contribution in [0.2, 0.25) is 18.1 Å². The van der Waals surface area contributed by atoms with E-state index in [0.717, 1.165) is 31.3 Å². The summed E-state index contributed by atoms with van der Waals surface area (Å²) in [5.41, 5.74) is 1.47. The lowest BCUT2D eigenvalue weighted by Crippen LogP contribution is -2.47. The highest BCUT2D eigenvalue weighted by Crippen LogP contribution is 2.39. The summed E-state index contributed by atoms with van der Waals surface area (Å²) in [4.78, 5) is 13.4. The lowest BCUT2D eigenvalue weighted by molar-refractivity contribution is -0.384. The Morgan fingerprint density at radius 1 is 1.26 bits per heavy atom. The van der Waals surface area contributed by atoms with Gasteiger partial charge in [0.25, 0.3) is 5.69 Å². The molecule has 2 heterocycles. The normalized spacial score (nSPS) is 16.9. The summed E-state index contributed by atoms with van der Waals surface area (Å²) in [5.74, 6) is 0. The maximum absolute atomic E-state index is 11.6. The van der Waals surface area contributed by atoms with E-state index in [1.165, 1.54) is 0 Å². The molecule has 8 heteroatoms. The third-order valence-corrected chi connectivity index (χ3v) is 10.5.